The van der Waals surface area contributed by atoms with Crippen molar-refractivity contribution in [3.05, 3.63) is 47.4 Å². The van der Waals surface area contributed by atoms with Crippen LogP contribution in [0.2, 0.25) is 5.02 Å². The van der Waals surface area contributed by atoms with Crippen LogP contribution in [-0.2, 0) is 6.61 Å². The molecule has 0 unspecified atom stereocenters. The van der Waals surface area contributed by atoms with Gasteiger partial charge in [0.15, 0.2) is 0 Å². The van der Waals surface area contributed by atoms with Gasteiger partial charge in [-0.05, 0) is 11.6 Å². The van der Waals surface area contributed by atoms with Crippen molar-refractivity contribution in [1.29, 1.82) is 0 Å². The molecule has 1 N–H and O–H groups in total. The van der Waals surface area contributed by atoms with Crippen molar-refractivity contribution in [2.45, 2.75) is 6.61 Å². The first-order chi connectivity index (χ1) is 7.78. The molecule has 0 fully saturated rings. The van der Waals surface area contributed by atoms with Gasteiger partial charge in [0.05, 0.1) is 17.8 Å². The molecule has 2 rings (SSSR count). The Morgan fingerprint density at radius 1 is 1.31 bits per heavy atom. The van der Waals surface area contributed by atoms with Gasteiger partial charge in [0, 0.05) is 24.5 Å². The minimum Gasteiger partial charge on any atom is -0.437 e. The predicted octanol–water partition coefficient (Wildman–Crippen LogP) is 2.41. The van der Waals surface area contributed by atoms with E-state index in [4.69, 9.17) is 21.4 Å². The number of hydrogen-bond acceptors (Lipinski definition) is 4. The lowest BCUT2D eigenvalue weighted by Gasteiger charge is -2.05. The van der Waals surface area contributed by atoms with Crippen LogP contribution in [0.5, 0.6) is 11.6 Å². The summed E-state index contributed by atoms with van der Waals surface area (Å²) in [5.74, 6) is 0.908. The molecule has 0 saturated carbocycles. The highest BCUT2D eigenvalue weighted by Gasteiger charge is 2.01. The summed E-state index contributed by atoms with van der Waals surface area (Å²) in [4.78, 5) is 7.90. The third-order valence-electron chi connectivity index (χ3n) is 1.88. The molecule has 0 aliphatic carbocycles. The summed E-state index contributed by atoms with van der Waals surface area (Å²) < 4.78 is 5.43. The van der Waals surface area contributed by atoms with Crippen molar-refractivity contribution in [1.82, 2.24) is 9.97 Å². The molecule has 0 bridgehead atoms. The average Bonchev–Trinajstić information content (AvgIpc) is 2.29. The number of hydrogen-bond donors (Lipinski definition) is 1. The van der Waals surface area contributed by atoms with Crippen LogP contribution in [0.3, 0.4) is 0 Å². The lowest BCUT2D eigenvalue weighted by molar-refractivity contribution is 0.281. The van der Waals surface area contributed by atoms with Gasteiger partial charge in [-0.15, -0.1) is 0 Å². The van der Waals surface area contributed by atoms with Gasteiger partial charge in [-0.2, -0.15) is 0 Å². The van der Waals surface area contributed by atoms with Crippen LogP contribution in [0.25, 0.3) is 0 Å². The number of aliphatic hydroxyl groups excluding tert-OH is 1. The number of pyridine rings is 2. The van der Waals surface area contributed by atoms with Gasteiger partial charge in [-0.1, -0.05) is 11.6 Å². The highest BCUT2D eigenvalue weighted by Crippen LogP contribution is 2.21. The highest BCUT2D eigenvalue weighted by atomic mass is 35.5. The van der Waals surface area contributed by atoms with Crippen LogP contribution in [0.1, 0.15) is 5.56 Å². The average molecular weight is 237 g/mol. The first kappa shape index (κ1) is 10.9. The third-order valence-corrected chi connectivity index (χ3v) is 2.09. The molecule has 2 heterocycles. The van der Waals surface area contributed by atoms with Crippen LogP contribution < -0.4 is 4.74 Å². The van der Waals surface area contributed by atoms with E-state index in [0.29, 0.717) is 16.7 Å². The summed E-state index contributed by atoms with van der Waals surface area (Å²) in [6, 6.07) is 5.01. The number of aromatic nitrogens is 2. The summed E-state index contributed by atoms with van der Waals surface area (Å²) >= 11 is 5.77. The molecule has 2 aromatic heterocycles. The number of aliphatic hydroxyl groups is 1. The molecule has 0 aliphatic rings. The Kier molecular flexibility index (Phi) is 3.34. The van der Waals surface area contributed by atoms with Crippen molar-refractivity contribution in [2.75, 3.05) is 0 Å². The van der Waals surface area contributed by atoms with Crippen LogP contribution in [0.4, 0.5) is 0 Å². The Bertz CT molecular complexity index is 491. The van der Waals surface area contributed by atoms with E-state index in [-0.39, 0.29) is 6.61 Å². The minimum absolute atomic E-state index is 0.0489. The SMILES string of the molecule is OCc1ccnc(Oc2cncc(Cl)c2)c1. The largest absolute Gasteiger partial charge is 0.437 e. The van der Waals surface area contributed by atoms with Gasteiger partial charge in [0.1, 0.15) is 5.75 Å². The summed E-state index contributed by atoms with van der Waals surface area (Å²) in [7, 11) is 0. The Morgan fingerprint density at radius 3 is 2.94 bits per heavy atom. The first-order valence-corrected chi connectivity index (χ1v) is 5.00. The molecule has 2 aromatic rings. The quantitative estimate of drug-likeness (QED) is 0.889. The van der Waals surface area contributed by atoms with Crippen molar-refractivity contribution in [2.24, 2.45) is 0 Å². The zero-order valence-corrected chi connectivity index (χ0v) is 9.05. The second-order valence-corrected chi connectivity index (χ2v) is 3.54. The molecule has 0 spiro atoms. The van der Waals surface area contributed by atoms with Crippen LogP contribution in [0.15, 0.2) is 36.8 Å². The zero-order chi connectivity index (χ0) is 11.4. The normalized spacial score (nSPS) is 10.1. The van der Waals surface area contributed by atoms with E-state index in [2.05, 4.69) is 9.97 Å². The van der Waals surface area contributed by atoms with Crippen molar-refractivity contribution in [3.63, 3.8) is 0 Å². The monoisotopic (exact) mass is 236 g/mol. The predicted molar refractivity (Wildman–Crippen MR) is 59.5 cm³/mol. The van der Waals surface area contributed by atoms with Crippen LogP contribution in [-0.4, -0.2) is 15.1 Å². The molecular formula is C11H9ClN2O2. The van der Waals surface area contributed by atoms with E-state index in [1.165, 1.54) is 6.20 Å². The van der Waals surface area contributed by atoms with Gasteiger partial charge in [0.2, 0.25) is 5.88 Å². The fourth-order valence-electron chi connectivity index (χ4n) is 1.17. The van der Waals surface area contributed by atoms with E-state index in [1.807, 2.05) is 0 Å². The standard InChI is InChI=1S/C11H9ClN2O2/c12-9-4-10(6-13-5-9)16-11-3-8(7-15)1-2-14-11/h1-6,15H,7H2. The molecule has 0 radical (unpaired) electrons. The van der Waals surface area contributed by atoms with Gasteiger partial charge >= 0.3 is 0 Å². The summed E-state index contributed by atoms with van der Waals surface area (Å²) in [6.45, 7) is -0.0489. The molecule has 0 amide bonds. The second-order valence-electron chi connectivity index (χ2n) is 3.10. The van der Waals surface area contributed by atoms with E-state index >= 15 is 0 Å². The van der Waals surface area contributed by atoms with E-state index in [1.54, 1.807) is 30.6 Å². The Labute approximate surface area is 97.5 Å². The Balaban J connectivity index is 2.20. The topological polar surface area (TPSA) is 55.2 Å². The lowest BCUT2D eigenvalue weighted by atomic mass is 10.3. The minimum atomic E-state index is -0.0489. The molecule has 4 nitrogen and oxygen atoms in total. The smallest absolute Gasteiger partial charge is 0.219 e. The molecule has 5 heteroatoms. The molecule has 0 saturated heterocycles. The third kappa shape index (κ3) is 2.68. The molecular weight excluding hydrogens is 228 g/mol. The fraction of sp³-hybridized carbons (Fsp3) is 0.0909. The highest BCUT2D eigenvalue weighted by molar-refractivity contribution is 6.30. The van der Waals surface area contributed by atoms with Crippen molar-refractivity contribution in [3.8, 4) is 11.6 Å². The molecule has 0 aliphatic heterocycles. The van der Waals surface area contributed by atoms with Crippen molar-refractivity contribution < 1.29 is 9.84 Å². The van der Waals surface area contributed by atoms with E-state index in [9.17, 15) is 0 Å². The Hall–Kier alpha value is -1.65. The fourth-order valence-corrected chi connectivity index (χ4v) is 1.34. The summed E-state index contributed by atoms with van der Waals surface area (Å²) in [6.07, 6.45) is 4.63. The number of nitrogens with zero attached hydrogens (tertiary/aromatic N) is 2. The van der Waals surface area contributed by atoms with Gasteiger partial charge in [-0.3, -0.25) is 4.98 Å². The van der Waals surface area contributed by atoms with Gasteiger partial charge in [0.25, 0.3) is 0 Å². The number of ether oxygens (including phenoxy) is 1. The first-order valence-electron chi connectivity index (χ1n) is 4.62. The Morgan fingerprint density at radius 2 is 2.19 bits per heavy atom. The van der Waals surface area contributed by atoms with Gasteiger partial charge < -0.3 is 9.84 Å². The zero-order valence-electron chi connectivity index (χ0n) is 8.30. The second kappa shape index (κ2) is 4.92. The lowest BCUT2D eigenvalue weighted by Crippen LogP contribution is -1.91. The van der Waals surface area contributed by atoms with Crippen LogP contribution >= 0.6 is 11.6 Å². The maximum atomic E-state index is 8.96. The molecule has 0 aromatic carbocycles. The van der Waals surface area contributed by atoms with Gasteiger partial charge in [-0.25, -0.2) is 4.98 Å². The number of rotatable bonds is 3. The maximum absolute atomic E-state index is 8.96. The van der Waals surface area contributed by atoms with Crippen molar-refractivity contribution >= 4 is 11.6 Å². The van der Waals surface area contributed by atoms with E-state index < -0.39 is 0 Å². The summed E-state index contributed by atoms with van der Waals surface area (Å²) in [5, 5.41) is 9.45. The maximum Gasteiger partial charge on any atom is 0.219 e. The molecule has 0 atom stereocenters. The summed E-state index contributed by atoms with van der Waals surface area (Å²) in [5.41, 5.74) is 0.736. The van der Waals surface area contributed by atoms with E-state index in [0.717, 1.165) is 5.56 Å². The molecule has 16 heavy (non-hydrogen) atoms. The van der Waals surface area contributed by atoms with Crippen LogP contribution in [0, 0.1) is 0 Å². The molecule has 82 valence electrons. The number of halogens is 1.